The van der Waals surface area contributed by atoms with Gasteiger partial charge in [0.1, 0.15) is 11.2 Å². The Balaban J connectivity index is 0.923. The second-order valence-electron chi connectivity index (χ2n) is 16.6. The minimum absolute atomic E-state index is 0.0973. The molecule has 0 saturated carbocycles. The van der Waals surface area contributed by atoms with E-state index in [-0.39, 0.29) is 5.41 Å². The minimum Gasteiger partial charge on any atom is -0.456 e. The quantitative estimate of drug-likeness (QED) is 0.168. The van der Waals surface area contributed by atoms with Crippen molar-refractivity contribution in [2.24, 2.45) is 0 Å². The van der Waals surface area contributed by atoms with E-state index in [1.807, 2.05) is 12.1 Å². The van der Waals surface area contributed by atoms with Gasteiger partial charge < -0.3 is 13.9 Å². The highest BCUT2D eigenvalue weighted by atomic mass is 16.3. The summed E-state index contributed by atoms with van der Waals surface area (Å²) in [4.78, 5) is 2.39. The lowest BCUT2D eigenvalue weighted by Crippen LogP contribution is -2.16. The largest absolute Gasteiger partial charge is 0.456 e. The molecule has 2 heterocycles. The zero-order chi connectivity index (χ0) is 40.0. The van der Waals surface area contributed by atoms with Crippen molar-refractivity contribution < 1.29 is 4.42 Å². The van der Waals surface area contributed by atoms with E-state index in [2.05, 4.69) is 217 Å². The topological polar surface area (TPSA) is 21.3 Å². The smallest absolute Gasteiger partial charge is 0.136 e. The van der Waals surface area contributed by atoms with Gasteiger partial charge in [0, 0.05) is 49.7 Å². The van der Waals surface area contributed by atoms with Gasteiger partial charge in [0.15, 0.2) is 0 Å². The van der Waals surface area contributed by atoms with Crippen LogP contribution in [-0.2, 0) is 5.41 Å². The van der Waals surface area contributed by atoms with Crippen LogP contribution in [0.25, 0.3) is 82.8 Å². The number of fused-ring (bicyclic) bond motifs is 9. The Labute approximate surface area is 349 Å². The molecule has 0 unspecified atom stereocenters. The molecule has 2 aromatic heterocycles. The normalized spacial score (nSPS) is 13.0. The predicted molar refractivity (Wildman–Crippen MR) is 251 cm³/mol. The molecule has 284 valence electrons. The Hall–Kier alpha value is -7.62. The molecule has 0 amide bonds. The lowest BCUT2D eigenvalue weighted by molar-refractivity contribution is 0.660. The third kappa shape index (κ3) is 5.29. The van der Waals surface area contributed by atoms with Crippen LogP contribution in [0, 0.1) is 0 Å². The number of aromatic nitrogens is 1. The van der Waals surface area contributed by atoms with Crippen LogP contribution in [0.5, 0.6) is 0 Å². The lowest BCUT2D eigenvalue weighted by atomic mass is 9.82. The number of para-hydroxylation sites is 2. The molecule has 0 atom stereocenters. The van der Waals surface area contributed by atoms with E-state index in [1.54, 1.807) is 0 Å². The lowest BCUT2D eigenvalue weighted by Gasteiger charge is -2.28. The third-order valence-electron chi connectivity index (χ3n) is 12.8. The molecule has 0 aliphatic heterocycles. The fraction of sp³-hybridized carbons (Fsp3) is 0.0526. The van der Waals surface area contributed by atoms with Crippen LogP contribution >= 0.6 is 0 Å². The van der Waals surface area contributed by atoms with E-state index in [0.29, 0.717) is 0 Å². The summed E-state index contributed by atoms with van der Waals surface area (Å²) in [5.74, 6) is 0. The van der Waals surface area contributed by atoms with Gasteiger partial charge in [-0.2, -0.15) is 0 Å². The first-order chi connectivity index (χ1) is 29.5. The van der Waals surface area contributed by atoms with E-state index in [1.165, 1.54) is 66.3 Å². The highest BCUT2D eigenvalue weighted by molar-refractivity contribution is 6.17. The Bertz CT molecular complexity index is 3420. The van der Waals surface area contributed by atoms with Crippen LogP contribution in [0.4, 0.5) is 17.1 Å². The zero-order valence-electron chi connectivity index (χ0n) is 33.4. The molecular weight excluding hydrogens is 729 g/mol. The van der Waals surface area contributed by atoms with Crippen molar-refractivity contribution in [1.29, 1.82) is 0 Å². The molecule has 1 aliphatic carbocycles. The second kappa shape index (κ2) is 13.2. The van der Waals surface area contributed by atoms with Crippen molar-refractivity contribution in [2.75, 3.05) is 4.90 Å². The van der Waals surface area contributed by atoms with Gasteiger partial charge in [0.25, 0.3) is 0 Å². The van der Waals surface area contributed by atoms with Crippen LogP contribution < -0.4 is 4.90 Å². The van der Waals surface area contributed by atoms with Gasteiger partial charge in [-0.3, -0.25) is 0 Å². The van der Waals surface area contributed by atoms with Crippen LogP contribution in [0.3, 0.4) is 0 Å². The Morgan fingerprint density at radius 1 is 0.383 bits per heavy atom. The molecule has 0 bridgehead atoms. The van der Waals surface area contributed by atoms with Gasteiger partial charge >= 0.3 is 0 Å². The average molecular weight is 769 g/mol. The van der Waals surface area contributed by atoms with Gasteiger partial charge in [-0.05, 0) is 117 Å². The van der Waals surface area contributed by atoms with Crippen molar-refractivity contribution in [1.82, 2.24) is 4.57 Å². The van der Waals surface area contributed by atoms with Crippen molar-refractivity contribution >= 4 is 60.8 Å². The fourth-order valence-corrected chi connectivity index (χ4v) is 9.78. The predicted octanol–water partition coefficient (Wildman–Crippen LogP) is 15.8. The van der Waals surface area contributed by atoms with Crippen molar-refractivity contribution in [3.63, 3.8) is 0 Å². The molecule has 1 aliphatic rings. The molecule has 0 spiro atoms. The summed E-state index contributed by atoms with van der Waals surface area (Å²) in [5.41, 5.74) is 18.7. The number of nitrogens with zero attached hydrogens (tertiary/aromatic N) is 2. The maximum Gasteiger partial charge on any atom is 0.136 e. The molecule has 0 fully saturated rings. The summed E-state index contributed by atoms with van der Waals surface area (Å²) >= 11 is 0. The molecule has 0 N–H and O–H groups in total. The summed E-state index contributed by atoms with van der Waals surface area (Å²) in [6.07, 6.45) is 0. The number of hydrogen-bond donors (Lipinski definition) is 0. The molecule has 60 heavy (non-hydrogen) atoms. The van der Waals surface area contributed by atoms with Gasteiger partial charge in [-0.15, -0.1) is 0 Å². The maximum atomic E-state index is 6.31. The Morgan fingerprint density at radius 2 is 0.950 bits per heavy atom. The average Bonchev–Trinajstić information content (AvgIpc) is 3.91. The summed E-state index contributed by atoms with van der Waals surface area (Å²) < 4.78 is 8.69. The van der Waals surface area contributed by atoms with Gasteiger partial charge in [-0.1, -0.05) is 147 Å². The third-order valence-corrected chi connectivity index (χ3v) is 12.8. The first kappa shape index (κ1) is 34.4. The first-order valence-corrected chi connectivity index (χ1v) is 20.7. The molecule has 12 rings (SSSR count). The van der Waals surface area contributed by atoms with Gasteiger partial charge in [0.05, 0.1) is 11.0 Å². The summed E-state index contributed by atoms with van der Waals surface area (Å²) in [7, 11) is 0. The Morgan fingerprint density at radius 3 is 1.68 bits per heavy atom. The highest BCUT2D eigenvalue weighted by Crippen LogP contribution is 2.51. The molecule has 0 saturated heterocycles. The van der Waals surface area contributed by atoms with Crippen LogP contribution in [0.1, 0.15) is 25.0 Å². The van der Waals surface area contributed by atoms with Crippen LogP contribution in [0.15, 0.2) is 211 Å². The van der Waals surface area contributed by atoms with Crippen LogP contribution in [-0.4, -0.2) is 4.57 Å². The number of anilines is 3. The number of furan rings is 1. The monoisotopic (exact) mass is 768 g/mol. The van der Waals surface area contributed by atoms with E-state index in [4.69, 9.17) is 4.42 Å². The van der Waals surface area contributed by atoms with Crippen molar-refractivity contribution in [3.05, 3.63) is 217 Å². The molecular formula is C57H40N2O. The first-order valence-electron chi connectivity index (χ1n) is 20.7. The summed E-state index contributed by atoms with van der Waals surface area (Å²) in [5, 5.41) is 4.67. The van der Waals surface area contributed by atoms with Gasteiger partial charge in [-0.25, -0.2) is 0 Å². The highest BCUT2D eigenvalue weighted by Gasteiger charge is 2.35. The van der Waals surface area contributed by atoms with Crippen LogP contribution in [0.2, 0.25) is 0 Å². The molecule has 3 nitrogen and oxygen atoms in total. The zero-order valence-corrected chi connectivity index (χ0v) is 33.4. The molecule has 9 aromatic carbocycles. The molecule has 0 radical (unpaired) electrons. The Kier molecular flexibility index (Phi) is 7.58. The minimum atomic E-state index is -0.0973. The van der Waals surface area contributed by atoms with E-state index in [9.17, 15) is 0 Å². The number of rotatable bonds is 6. The number of hydrogen-bond acceptors (Lipinski definition) is 2. The van der Waals surface area contributed by atoms with E-state index in [0.717, 1.165) is 44.7 Å². The number of benzene rings is 9. The van der Waals surface area contributed by atoms with Crippen molar-refractivity contribution in [3.8, 4) is 39.1 Å². The summed E-state index contributed by atoms with van der Waals surface area (Å²) in [6.45, 7) is 4.70. The van der Waals surface area contributed by atoms with Crippen molar-refractivity contribution in [2.45, 2.75) is 19.3 Å². The molecule has 3 heteroatoms. The van der Waals surface area contributed by atoms with E-state index >= 15 is 0 Å². The summed E-state index contributed by atoms with van der Waals surface area (Å²) in [6, 6.07) is 74.9. The fourth-order valence-electron chi connectivity index (χ4n) is 9.78. The van der Waals surface area contributed by atoms with E-state index < -0.39 is 0 Å². The maximum absolute atomic E-state index is 6.31. The van der Waals surface area contributed by atoms with Gasteiger partial charge in [0.2, 0.25) is 0 Å². The SMILES string of the molecule is CC1(C)c2ccccc2-c2ccc(N(c3ccc(-c4ccccc4)cc3)c3ccc(-c4ccc(-n5c6ccccc6c6cc7oc8ccccc8c7cc65)cc4)cc3)cc21. The molecule has 11 aromatic rings. The second-order valence-corrected chi connectivity index (χ2v) is 16.6. The standard InChI is InChI=1S/C57H40N2O/c1-57(2)51-17-9-6-14-45(51)46-33-32-44(34-52(46)57)58(41-26-20-38(21-27-41)37-12-4-3-5-13-37)42-28-22-39(23-29-42)40-24-30-43(31-25-40)59-53-18-10-7-15-47(53)49-36-56-50(35-54(49)59)48-16-8-11-19-55(48)60-56/h3-36H,1-2H3.